The zero-order valence-electron chi connectivity index (χ0n) is 10.1. The zero-order chi connectivity index (χ0) is 12.7. The molecule has 2 rings (SSSR count). The van der Waals surface area contributed by atoms with Crippen LogP contribution >= 0.6 is 15.9 Å². The quantitative estimate of drug-likeness (QED) is 0.836. The van der Waals surface area contributed by atoms with Crippen molar-refractivity contribution in [1.29, 1.82) is 0 Å². The molecular formula is C13H17BrO2S. The molecule has 17 heavy (non-hydrogen) atoms. The lowest BCUT2D eigenvalue weighted by molar-refractivity contribution is 0.407. The number of hydrogen-bond acceptors (Lipinski definition) is 2. The average Bonchev–Trinajstić information content (AvgIpc) is 2.56. The van der Waals surface area contributed by atoms with Crippen molar-refractivity contribution in [3.05, 3.63) is 34.3 Å². The first kappa shape index (κ1) is 13.1. The molecule has 0 spiro atoms. The van der Waals surface area contributed by atoms with E-state index >= 15 is 0 Å². The smallest absolute Gasteiger partial charge is 0.160 e. The first-order valence-electron chi connectivity index (χ1n) is 5.88. The third-order valence-corrected chi connectivity index (χ3v) is 7.16. The average molecular weight is 317 g/mol. The monoisotopic (exact) mass is 316 g/mol. The van der Waals surface area contributed by atoms with Crippen LogP contribution in [0.5, 0.6) is 0 Å². The van der Waals surface area contributed by atoms with Gasteiger partial charge in [-0.15, -0.1) is 0 Å². The van der Waals surface area contributed by atoms with Crippen molar-refractivity contribution < 1.29 is 8.42 Å². The van der Waals surface area contributed by atoms with Crippen LogP contribution in [0.4, 0.5) is 0 Å². The lowest BCUT2D eigenvalue weighted by Gasteiger charge is -2.32. The van der Waals surface area contributed by atoms with Crippen LogP contribution in [0.3, 0.4) is 0 Å². The van der Waals surface area contributed by atoms with Crippen molar-refractivity contribution in [2.45, 2.75) is 31.4 Å². The summed E-state index contributed by atoms with van der Waals surface area (Å²) in [6, 6.07) is 7.72. The molecule has 1 aliphatic heterocycles. The first-order valence-corrected chi connectivity index (χ1v) is 8.33. The summed E-state index contributed by atoms with van der Waals surface area (Å²) in [5.41, 5.74) is 0.938. The fourth-order valence-corrected chi connectivity index (χ4v) is 5.72. The molecule has 0 amide bonds. The van der Waals surface area contributed by atoms with Gasteiger partial charge < -0.3 is 0 Å². The molecule has 94 valence electrons. The Bertz CT molecular complexity index is 505. The second-order valence-electron chi connectivity index (χ2n) is 4.97. The molecule has 1 saturated heterocycles. The molecule has 0 saturated carbocycles. The molecule has 0 bridgehead atoms. The summed E-state index contributed by atoms with van der Waals surface area (Å²) in [6.07, 6.45) is 1.52. The summed E-state index contributed by atoms with van der Waals surface area (Å²) in [7, 11) is -3.03. The highest BCUT2D eigenvalue weighted by molar-refractivity contribution is 9.10. The Morgan fingerprint density at radius 1 is 1.24 bits per heavy atom. The molecule has 1 fully saturated rings. The number of rotatable bonds is 2. The van der Waals surface area contributed by atoms with Crippen LogP contribution < -0.4 is 0 Å². The summed E-state index contributed by atoms with van der Waals surface area (Å²) in [5, 5.41) is 0. The van der Waals surface area contributed by atoms with Crippen molar-refractivity contribution in [2.75, 3.05) is 5.75 Å². The minimum absolute atomic E-state index is 0.108. The van der Waals surface area contributed by atoms with E-state index in [-0.39, 0.29) is 5.92 Å². The number of hydrogen-bond donors (Lipinski definition) is 0. The summed E-state index contributed by atoms with van der Waals surface area (Å²) in [4.78, 5) is 0. The zero-order valence-corrected chi connectivity index (χ0v) is 12.5. The van der Waals surface area contributed by atoms with Gasteiger partial charge in [-0.1, -0.05) is 41.9 Å². The van der Waals surface area contributed by atoms with E-state index < -0.39 is 14.6 Å². The van der Waals surface area contributed by atoms with E-state index in [9.17, 15) is 8.42 Å². The van der Waals surface area contributed by atoms with Crippen LogP contribution in [-0.2, 0) is 14.6 Å². The van der Waals surface area contributed by atoms with Crippen molar-refractivity contribution in [3.63, 3.8) is 0 Å². The maximum atomic E-state index is 12.4. The van der Waals surface area contributed by atoms with Crippen molar-refractivity contribution >= 4 is 25.8 Å². The lowest BCUT2D eigenvalue weighted by atomic mass is 9.84. The normalized spacial score (nSPS) is 27.5. The van der Waals surface area contributed by atoms with Gasteiger partial charge in [0.25, 0.3) is 0 Å². The molecule has 1 heterocycles. The van der Waals surface area contributed by atoms with Gasteiger partial charge >= 0.3 is 0 Å². The summed E-state index contributed by atoms with van der Waals surface area (Å²) >= 11 is 3.39. The van der Waals surface area contributed by atoms with E-state index in [1.165, 1.54) is 0 Å². The van der Waals surface area contributed by atoms with Gasteiger partial charge in [0.2, 0.25) is 0 Å². The van der Waals surface area contributed by atoms with Crippen LogP contribution in [0, 0.1) is 5.92 Å². The SMILES string of the molecule is CC(C)C1(c2ccc(Br)cc2)CCCS1(=O)=O. The van der Waals surface area contributed by atoms with Gasteiger partial charge in [-0.25, -0.2) is 8.42 Å². The number of sulfone groups is 1. The van der Waals surface area contributed by atoms with E-state index in [1.807, 2.05) is 38.1 Å². The molecule has 1 aliphatic rings. The van der Waals surface area contributed by atoms with Crippen molar-refractivity contribution in [3.8, 4) is 0 Å². The summed E-state index contributed by atoms with van der Waals surface area (Å²) < 4.78 is 25.1. The fourth-order valence-electron chi connectivity index (χ4n) is 2.90. The highest BCUT2D eigenvalue weighted by atomic mass is 79.9. The molecular weight excluding hydrogens is 300 g/mol. The molecule has 2 nitrogen and oxygen atoms in total. The Balaban J connectivity index is 2.61. The Morgan fingerprint density at radius 3 is 2.24 bits per heavy atom. The maximum Gasteiger partial charge on any atom is 0.160 e. The van der Waals surface area contributed by atoms with E-state index in [2.05, 4.69) is 15.9 Å². The van der Waals surface area contributed by atoms with E-state index in [0.717, 1.165) is 22.9 Å². The van der Waals surface area contributed by atoms with Crippen molar-refractivity contribution in [2.24, 2.45) is 5.92 Å². The van der Waals surface area contributed by atoms with E-state index in [4.69, 9.17) is 0 Å². The molecule has 1 unspecified atom stereocenters. The molecule has 0 radical (unpaired) electrons. The van der Waals surface area contributed by atoms with Gasteiger partial charge in [0, 0.05) is 4.47 Å². The second kappa shape index (κ2) is 4.39. The van der Waals surface area contributed by atoms with E-state index in [1.54, 1.807) is 0 Å². The van der Waals surface area contributed by atoms with Gasteiger partial charge in [0.1, 0.15) is 0 Å². The highest BCUT2D eigenvalue weighted by Gasteiger charge is 2.50. The third-order valence-electron chi connectivity index (χ3n) is 3.78. The van der Waals surface area contributed by atoms with Gasteiger partial charge in [-0.2, -0.15) is 0 Å². The molecule has 1 aromatic carbocycles. The van der Waals surface area contributed by atoms with Crippen LogP contribution in [0.2, 0.25) is 0 Å². The van der Waals surface area contributed by atoms with Gasteiger partial charge in [0.15, 0.2) is 9.84 Å². The topological polar surface area (TPSA) is 34.1 Å². The second-order valence-corrected chi connectivity index (χ2v) is 8.26. The Kier molecular flexibility index (Phi) is 3.38. The minimum atomic E-state index is -3.03. The van der Waals surface area contributed by atoms with Crippen LogP contribution in [0.25, 0.3) is 0 Å². The van der Waals surface area contributed by atoms with Crippen LogP contribution in [0.15, 0.2) is 28.7 Å². The number of halogens is 1. The molecule has 1 atom stereocenters. The Morgan fingerprint density at radius 2 is 1.82 bits per heavy atom. The maximum absolute atomic E-state index is 12.4. The molecule has 4 heteroatoms. The van der Waals surface area contributed by atoms with Gasteiger partial charge in [-0.3, -0.25) is 0 Å². The molecule has 0 aliphatic carbocycles. The Hall–Kier alpha value is -0.350. The molecule has 0 aromatic heterocycles. The predicted octanol–water partition coefficient (Wildman–Crippen LogP) is 3.51. The third kappa shape index (κ3) is 1.95. The van der Waals surface area contributed by atoms with Crippen molar-refractivity contribution in [1.82, 2.24) is 0 Å². The van der Waals surface area contributed by atoms with Crippen LogP contribution in [-0.4, -0.2) is 14.2 Å². The predicted molar refractivity (Wildman–Crippen MR) is 73.7 cm³/mol. The van der Waals surface area contributed by atoms with Crippen LogP contribution in [0.1, 0.15) is 32.3 Å². The Labute approximate surface area is 111 Å². The lowest BCUT2D eigenvalue weighted by Crippen LogP contribution is -2.37. The highest BCUT2D eigenvalue weighted by Crippen LogP contribution is 2.47. The molecule has 0 N–H and O–H groups in total. The first-order chi connectivity index (χ1) is 7.90. The van der Waals surface area contributed by atoms with Gasteiger partial charge in [-0.05, 0) is 36.5 Å². The standard InChI is InChI=1S/C13H17BrO2S/c1-10(2)13(8-3-9-17(13,15)16)11-4-6-12(14)7-5-11/h4-7,10H,3,8-9H2,1-2H3. The van der Waals surface area contributed by atoms with Gasteiger partial charge in [0.05, 0.1) is 10.5 Å². The summed E-state index contributed by atoms with van der Waals surface area (Å²) in [6.45, 7) is 4.01. The molecule has 1 aromatic rings. The minimum Gasteiger partial charge on any atom is -0.228 e. The largest absolute Gasteiger partial charge is 0.228 e. The fraction of sp³-hybridized carbons (Fsp3) is 0.538. The summed E-state index contributed by atoms with van der Waals surface area (Å²) in [5.74, 6) is 0.428. The van der Waals surface area contributed by atoms with E-state index in [0.29, 0.717) is 5.75 Å². The number of benzene rings is 1.